The van der Waals surface area contributed by atoms with Crippen molar-refractivity contribution in [2.45, 2.75) is 17.6 Å². The fourth-order valence-corrected chi connectivity index (χ4v) is 5.85. The highest BCUT2D eigenvalue weighted by Gasteiger charge is 2.34. The van der Waals surface area contributed by atoms with Crippen molar-refractivity contribution in [1.29, 1.82) is 0 Å². The summed E-state index contributed by atoms with van der Waals surface area (Å²) in [4.78, 5) is 25.0. The molecule has 0 amide bonds. The zero-order valence-corrected chi connectivity index (χ0v) is 21.9. The molecule has 0 bridgehead atoms. The second-order valence-corrected chi connectivity index (χ2v) is 10.8. The minimum absolute atomic E-state index is 0.0331. The van der Waals surface area contributed by atoms with Gasteiger partial charge >= 0.3 is 12.1 Å². The fraction of sp³-hybridized carbons (Fsp3) is 0.0690. The van der Waals surface area contributed by atoms with Crippen LogP contribution >= 0.6 is 0 Å². The SMILES string of the molecule is NOC(=O)c1cnc2cc(C(F)(F)F)ccc2c1N(Cc1cccnc1)S(=O)(=O)c1ccc(-c2ccccc2)cc1. The summed E-state index contributed by atoms with van der Waals surface area (Å²) in [6, 6.07) is 21.3. The molecule has 0 aliphatic heterocycles. The number of carbonyl (C=O) groups excluding carboxylic acids is 1. The lowest BCUT2D eigenvalue weighted by Gasteiger charge is -2.27. The number of aromatic nitrogens is 2. The van der Waals surface area contributed by atoms with Gasteiger partial charge in [0.25, 0.3) is 10.0 Å². The molecular formula is C29H21F3N4O4S. The van der Waals surface area contributed by atoms with E-state index < -0.39 is 27.7 Å². The Bertz CT molecular complexity index is 1820. The summed E-state index contributed by atoms with van der Waals surface area (Å²) in [6.07, 6.45) is -0.792. The molecule has 0 spiro atoms. The summed E-state index contributed by atoms with van der Waals surface area (Å²) in [5.74, 6) is 4.01. The number of fused-ring (bicyclic) bond motifs is 1. The minimum atomic E-state index is -4.67. The molecule has 0 radical (unpaired) electrons. The minimum Gasteiger partial charge on any atom is -0.370 e. The zero-order valence-electron chi connectivity index (χ0n) is 21.1. The van der Waals surface area contributed by atoms with Gasteiger partial charge in [0.2, 0.25) is 0 Å². The third-order valence-corrected chi connectivity index (χ3v) is 8.10. The van der Waals surface area contributed by atoms with Gasteiger partial charge in [-0.05, 0) is 47.0 Å². The normalized spacial score (nSPS) is 11.8. The quantitative estimate of drug-likeness (QED) is 0.245. The summed E-state index contributed by atoms with van der Waals surface area (Å²) in [7, 11) is -4.44. The van der Waals surface area contributed by atoms with Crippen LogP contribution in [0, 0.1) is 0 Å². The van der Waals surface area contributed by atoms with Gasteiger partial charge in [-0.15, -0.1) is 0 Å². The molecule has 208 valence electrons. The first-order valence-electron chi connectivity index (χ1n) is 12.1. The molecule has 0 aliphatic carbocycles. The van der Waals surface area contributed by atoms with E-state index in [1.54, 1.807) is 24.3 Å². The number of sulfonamides is 1. The Hall–Kier alpha value is -4.81. The van der Waals surface area contributed by atoms with Crippen molar-refractivity contribution in [2.24, 2.45) is 5.90 Å². The molecule has 12 heteroatoms. The number of halogens is 3. The number of nitrogens with two attached hydrogens (primary N) is 1. The number of carbonyl (C=O) groups is 1. The van der Waals surface area contributed by atoms with Crippen LogP contribution in [-0.4, -0.2) is 24.4 Å². The van der Waals surface area contributed by atoms with Crippen molar-refractivity contribution in [3.05, 3.63) is 120 Å². The van der Waals surface area contributed by atoms with Crippen molar-refractivity contribution in [2.75, 3.05) is 4.31 Å². The Morgan fingerprint density at radius 3 is 2.24 bits per heavy atom. The van der Waals surface area contributed by atoms with Crippen molar-refractivity contribution < 1.29 is 31.2 Å². The van der Waals surface area contributed by atoms with Gasteiger partial charge in [0.15, 0.2) is 0 Å². The zero-order chi connectivity index (χ0) is 29.2. The van der Waals surface area contributed by atoms with Crippen LogP contribution < -0.4 is 10.2 Å². The fourth-order valence-electron chi connectivity index (χ4n) is 4.36. The van der Waals surface area contributed by atoms with Crippen LogP contribution in [0.1, 0.15) is 21.5 Å². The number of nitrogens with zero attached hydrogens (tertiary/aromatic N) is 3. The third kappa shape index (κ3) is 5.60. The van der Waals surface area contributed by atoms with Crippen LogP contribution in [0.5, 0.6) is 0 Å². The van der Waals surface area contributed by atoms with Crippen molar-refractivity contribution in [1.82, 2.24) is 9.97 Å². The molecule has 2 aromatic heterocycles. The first-order chi connectivity index (χ1) is 19.6. The van der Waals surface area contributed by atoms with Crippen molar-refractivity contribution >= 4 is 32.6 Å². The monoisotopic (exact) mass is 578 g/mol. The molecular weight excluding hydrogens is 557 g/mol. The first-order valence-corrected chi connectivity index (χ1v) is 13.5. The van der Waals surface area contributed by atoms with Crippen LogP contribution in [0.15, 0.2) is 108 Å². The summed E-state index contributed by atoms with van der Waals surface area (Å²) < 4.78 is 69.8. The predicted octanol–water partition coefficient (Wildman–Crippen LogP) is 5.74. The average molecular weight is 579 g/mol. The average Bonchev–Trinajstić information content (AvgIpc) is 2.99. The van der Waals surface area contributed by atoms with E-state index in [1.807, 2.05) is 30.3 Å². The number of anilines is 1. The molecule has 0 saturated heterocycles. The molecule has 8 nitrogen and oxygen atoms in total. The lowest BCUT2D eigenvalue weighted by atomic mass is 10.1. The molecule has 5 rings (SSSR count). The largest absolute Gasteiger partial charge is 0.416 e. The lowest BCUT2D eigenvalue weighted by Crippen LogP contribution is -2.32. The van der Waals surface area contributed by atoms with E-state index in [0.29, 0.717) is 5.56 Å². The van der Waals surface area contributed by atoms with E-state index in [-0.39, 0.29) is 33.6 Å². The lowest BCUT2D eigenvalue weighted by molar-refractivity contribution is -0.137. The summed E-state index contributed by atoms with van der Waals surface area (Å²) in [5, 5.41) is -0.0331. The molecule has 5 aromatic rings. The van der Waals surface area contributed by atoms with Gasteiger partial charge < -0.3 is 4.84 Å². The van der Waals surface area contributed by atoms with E-state index in [0.717, 1.165) is 39.8 Å². The van der Waals surface area contributed by atoms with Crippen molar-refractivity contribution in [3.63, 3.8) is 0 Å². The summed E-state index contributed by atoms with van der Waals surface area (Å²) in [6.45, 7) is -0.318. The molecule has 0 aliphatic rings. The Morgan fingerprint density at radius 2 is 1.61 bits per heavy atom. The van der Waals surface area contributed by atoms with Gasteiger partial charge in [0.1, 0.15) is 5.56 Å². The number of benzene rings is 3. The van der Waals surface area contributed by atoms with Gasteiger partial charge in [0.05, 0.1) is 28.2 Å². The number of alkyl halides is 3. The van der Waals surface area contributed by atoms with Gasteiger partial charge in [0, 0.05) is 24.0 Å². The van der Waals surface area contributed by atoms with Crippen LogP contribution in [0.25, 0.3) is 22.0 Å². The number of pyridine rings is 2. The van der Waals surface area contributed by atoms with Crippen LogP contribution in [0.4, 0.5) is 18.9 Å². The van der Waals surface area contributed by atoms with E-state index in [4.69, 9.17) is 5.90 Å². The Morgan fingerprint density at radius 1 is 0.902 bits per heavy atom. The van der Waals surface area contributed by atoms with Crippen LogP contribution in [0.2, 0.25) is 0 Å². The van der Waals surface area contributed by atoms with Crippen molar-refractivity contribution in [3.8, 4) is 11.1 Å². The standard InChI is InChI=1S/C29H21F3N4O4S/c30-29(31,32)22-10-13-24-26(15-22)35-17-25(28(37)40-33)27(24)36(18-19-5-4-14-34-16-19)41(38,39)23-11-8-21(9-12-23)20-6-2-1-3-7-20/h1-17H,18,33H2. The summed E-state index contributed by atoms with van der Waals surface area (Å²) in [5.41, 5.74) is 0.316. The molecule has 0 unspecified atom stereocenters. The molecule has 0 saturated carbocycles. The second kappa shape index (κ2) is 11.0. The molecule has 2 heterocycles. The maximum absolute atomic E-state index is 14.2. The molecule has 0 atom stereocenters. The Labute approximate surface area is 232 Å². The Kier molecular flexibility index (Phi) is 7.43. The highest BCUT2D eigenvalue weighted by Crippen LogP contribution is 2.38. The van der Waals surface area contributed by atoms with Crippen LogP contribution in [-0.2, 0) is 27.6 Å². The maximum atomic E-state index is 14.2. The molecule has 3 aromatic carbocycles. The Balaban J connectivity index is 1.73. The van der Waals surface area contributed by atoms with Gasteiger partial charge in [-0.25, -0.2) is 13.2 Å². The van der Waals surface area contributed by atoms with E-state index in [2.05, 4.69) is 14.8 Å². The number of hydrogen-bond acceptors (Lipinski definition) is 7. The van der Waals surface area contributed by atoms with E-state index in [1.165, 1.54) is 24.5 Å². The number of rotatable bonds is 7. The van der Waals surface area contributed by atoms with Gasteiger partial charge in [-0.1, -0.05) is 54.6 Å². The highest BCUT2D eigenvalue weighted by molar-refractivity contribution is 7.92. The molecule has 2 N–H and O–H groups in total. The maximum Gasteiger partial charge on any atom is 0.416 e. The topological polar surface area (TPSA) is 115 Å². The van der Waals surface area contributed by atoms with E-state index >= 15 is 0 Å². The van der Waals surface area contributed by atoms with E-state index in [9.17, 15) is 26.4 Å². The molecule has 41 heavy (non-hydrogen) atoms. The van der Waals surface area contributed by atoms with Crippen LogP contribution in [0.3, 0.4) is 0 Å². The van der Waals surface area contributed by atoms with Gasteiger partial charge in [-0.3, -0.25) is 14.3 Å². The summed E-state index contributed by atoms with van der Waals surface area (Å²) >= 11 is 0. The highest BCUT2D eigenvalue weighted by atomic mass is 32.2. The van der Waals surface area contributed by atoms with Gasteiger partial charge in [-0.2, -0.15) is 19.1 Å². The second-order valence-electron chi connectivity index (χ2n) is 8.92. The third-order valence-electron chi connectivity index (χ3n) is 6.34. The smallest absolute Gasteiger partial charge is 0.370 e. The first kappa shape index (κ1) is 27.7. The number of hydrogen-bond donors (Lipinski definition) is 1. The predicted molar refractivity (Wildman–Crippen MR) is 146 cm³/mol. The molecule has 0 fully saturated rings.